The summed E-state index contributed by atoms with van der Waals surface area (Å²) in [6.45, 7) is 9.42. The summed E-state index contributed by atoms with van der Waals surface area (Å²) < 4.78 is 33.1. The Kier molecular flexibility index (Phi) is 26.5. The molecule has 24 nitrogen and oxygen atoms in total. The molecule has 0 aliphatic carbocycles. The number of benzene rings is 1. The molecule has 10 N–H and O–H groups in total. The topological polar surface area (TPSA) is 353 Å². The number of carbonyl (C=O) groups is 7. The highest BCUT2D eigenvalue weighted by atomic mass is 19.3. The Morgan fingerprint density at radius 3 is 1.95 bits per heavy atom. The molecule has 2 fully saturated rings. The normalized spacial score (nSPS) is 18.6. The standard InChI is InChI=1S/C28H36F2N6O5.C22H38N4O9/c1-17(2)26(39)22(32)12-24(37)34-8-3-4-10-41-19-5-6-23-21(11-19)20(7-9-33-23)27(40)35-15-25(38)36-16-28(29,30)13-18(36)14-31;1-16(2)18(27)4-3-17(22(34)35)26-11-9-24(14-20(30)31)7-5-23(13-19(28)29)6-8-25(10-12-26)15-21(32)33/h5-7,9,11,17-18,22,26,39H,3-4,8,10,12-13,15-16,32H2,1-2H3,(H,34,37)(H,35,40);17-18,27H,1,3-15H2,2H3,(H,28,29)(H,30,31)(H,32,33)(H,34,35). The molecule has 26 heteroatoms. The molecule has 2 aliphatic rings. The van der Waals surface area contributed by atoms with E-state index >= 15 is 0 Å². The van der Waals surface area contributed by atoms with Gasteiger partial charge in [-0.25, -0.2) is 8.78 Å². The molecule has 76 heavy (non-hydrogen) atoms. The fourth-order valence-electron chi connectivity index (χ4n) is 8.44. The number of nitrogens with two attached hydrogens (primary N) is 1. The van der Waals surface area contributed by atoms with Gasteiger partial charge in [-0.05, 0) is 62.8 Å². The van der Waals surface area contributed by atoms with Gasteiger partial charge in [0.25, 0.3) is 11.8 Å². The number of hydrogen-bond acceptors (Lipinski definition) is 17. The zero-order chi connectivity index (χ0) is 56.7. The monoisotopic (exact) mass is 1080 g/mol. The molecule has 2 aromatic rings. The smallest absolute Gasteiger partial charge is 0.320 e. The minimum Gasteiger partial charge on any atom is -0.494 e. The van der Waals surface area contributed by atoms with E-state index in [-0.39, 0.29) is 109 Å². The number of nitrogens with one attached hydrogen (secondary N) is 2. The van der Waals surface area contributed by atoms with Gasteiger partial charge in [-0.1, -0.05) is 26.0 Å². The average Bonchev–Trinajstić information content (AvgIpc) is 3.67. The summed E-state index contributed by atoms with van der Waals surface area (Å²) in [4.78, 5) is 95.0. The van der Waals surface area contributed by atoms with Gasteiger partial charge in [-0.3, -0.25) is 58.1 Å². The van der Waals surface area contributed by atoms with E-state index in [1.807, 2.05) is 13.8 Å². The van der Waals surface area contributed by atoms with Crippen LogP contribution < -0.4 is 21.1 Å². The van der Waals surface area contributed by atoms with Crippen molar-refractivity contribution in [3.05, 3.63) is 48.2 Å². The number of rotatable bonds is 25. The van der Waals surface area contributed by atoms with Crippen molar-refractivity contribution in [2.45, 2.75) is 95.6 Å². The predicted octanol–water partition coefficient (Wildman–Crippen LogP) is 0.366. The Hall–Kier alpha value is -6.47. The number of likely N-dealkylation sites (tertiary alicyclic amines) is 1. The number of aromatic nitrogens is 1. The molecule has 2 saturated heterocycles. The number of amides is 3. The second-order valence-electron chi connectivity index (χ2n) is 19.3. The molecule has 0 radical (unpaired) electrons. The van der Waals surface area contributed by atoms with Crippen LogP contribution >= 0.6 is 0 Å². The van der Waals surface area contributed by atoms with Gasteiger partial charge in [0.15, 0.2) is 0 Å². The molecule has 0 saturated carbocycles. The van der Waals surface area contributed by atoms with Gasteiger partial charge in [-0.2, -0.15) is 5.26 Å². The largest absolute Gasteiger partial charge is 0.494 e. The van der Waals surface area contributed by atoms with E-state index in [0.717, 1.165) is 4.90 Å². The Morgan fingerprint density at radius 2 is 1.43 bits per heavy atom. The van der Waals surface area contributed by atoms with Gasteiger partial charge in [0.05, 0.1) is 68.7 Å². The number of carbonyl (C=O) groups excluding carboxylic acids is 3. The Bertz CT molecular complexity index is 2310. The highest BCUT2D eigenvalue weighted by Gasteiger charge is 2.47. The third kappa shape index (κ3) is 22.4. The molecule has 5 unspecified atom stereocenters. The molecule has 1 aromatic heterocycles. The molecule has 4 rings (SSSR count). The van der Waals surface area contributed by atoms with Gasteiger partial charge in [0, 0.05) is 89.4 Å². The zero-order valence-electron chi connectivity index (χ0n) is 43.3. The molecular weight excluding hydrogens is 1000 g/mol. The van der Waals surface area contributed by atoms with Crippen molar-refractivity contribution in [2.24, 2.45) is 11.7 Å². The summed E-state index contributed by atoms with van der Waals surface area (Å²) in [5.74, 6) is -8.52. The van der Waals surface area contributed by atoms with Crippen LogP contribution in [0, 0.1) is 17.2 Å². The second kappa shape index (κ2) is 31.5. The molecule has 3 amide bonds. The number of halogens is 2. The van der Waals surface area contributed by atoms with Crippen molar-refractivity contribution in [2.75, 3.05) is 98.2 Å². The highest BCUT2D eigenvalue weighted by molar-refractivity contribution is 6.07. The van der Waals surface area contributed by atoms with Crippen molar-refractivity contribution in [3.8, 4) is 11.8 Å². The van der Waals surface area contributed by atoms with Crippen LogP contribution in [0.3, 0.4) is 0 Å². The van der Waals surface area contributed by atoms with Gasteiger partial charge in [0.2, 0.25) is 11.8 Å². The number of aliphatic hydroxyl groups is 2. The summed E-state index contributed by atoms with van der Waals surface area (Å²) in [6.07, 6.45) is 0.767. The lowest BCUT2D eigenvalue weighted by molar-refractivity contribution is -0.145. The first-order valence-electron chi connectivity index (χ1n) is 25.0. The number of carboxylic acid groups (broad SMARTS) is 4. The van der Waals surface area contributed by atoms with Crippen LogP contribution in [0.5, 0.6) is 5.75 Å². The van der Waals surface area contributed by atoms with Gasteiger partial charge >= 0.3 is 23.9 Å². The molecule has 422 valence electrons. The Labute approximate surface area is 440 Å². The Balaban J connectivity index is 0.000000406. The van der Waals surface area contributed by atoms with E-state index in [9.17, 15) is 73.0 Å². The molecule has 0 spiro atoms. The zero-order valence-corrected chi connectivity index (χ0v) is 43.3. The molecule has 3 heterocycles. The second-order valence-corrected chi connectivity index (χ2v) is 19.3. The number of alkyl halides is 2. The van der Waals surface area contributed by atoms with Gasteiger partial charge in [0.1, 0.15) is 17.8 Å². The van der Waals surface area contributed by atoms with Gasteiger partial charge in [-0.15, -0.1) is 0 Å². The summed E-state index contributed by atoms with van der Waals surface area (Å²) >= 11 is 0. The highest BCUT2D eigenvalue weighted by Crippen LogP contribution is 2.32. The van der Waals surface area contributed by atoms with Crippen molar-refractivity contribution < 1.29 is 77.7 Å². The number of aliphatic hydroxyl groups excluding tert-OH is 2. The lowest BCUT2D eigenvalue weighted by atomic mass is 9.98. The van der Waals surface area contributed by atoms with Crippen molar-refractivity contribution >= 4 is 52.5 Å². The van der Waals surface area contributed by atoms with E-state index in [1.54, 1.807) is 50.8 Å². The quantitative estimate of drug-likeness (QED) is 0.0479. The van der Waals surface area contributed by atoms with E-state index in [4.69, 9.17) is 15.7 Å². The number of nitriles is 1. The van der Waals surface area contributed by atoms with Crippen LogP contribution in [0.4, 0.5) is 8.78 Å². The molecule has 2 aliphatic heterocycles. The number of aliphatic carboxylic acids is 4. The van der Waals surface area contributed by atoms with Crippen molar-refractivity contribution in [1.29, 1.82) is 5.26 Å². The van der Waals surface area contributed by atoms with Crippen LogP contribution in [0.25, 0.3) is 10.9 Å². The van der Waals surface area contributed by atoms with Crippen molar-refractivity contribution in [1.82, 2.24) is 40.1 Å². The third-order valence-electron chi connectivity index (χ3n) is 12.8. The summed E-state index contributed by atoms with van der Waals surface area (Å²) in [5.41, 5.74) is 7.13. The first-order valence-corrected chi connectivity index (χ1v) is 25.0. The molecule has 5 atom stereocenters. The maximum absolute atomic E-state index is 13.7. The van der Waals surface area contributed by atoms with E-state index < -0.39 is 91.5 Å². The van der Waals surface area contributed by atoms with Gasteiger partial charge < -0.3 is 56.6 Å². The first kappa shape index (κ1) is 63.8. The summed E-state index contributed by atoms with van der Waals surface area (Å²) in [5, 5.41) is 72.5. The number of hydrogen-bond donors (Lipinski definition) is 9. The molecule has 0 bridgehead atoms. The van der Waals surface area contributed by atoms with Crippen LogP contribution in [-0.2, 0) is 28.8 Å². The van der Waals surface area contributed by atoms with Crippen LogP contribution in [-0.4, -0.2) is 236 Å². The van der Waals surface area contributed by atoms with E-state index in [2.05, 4.69) is 22.2 Å². The first-order chi connectivity index (χ1) is 35.8. The van der Waals surface area contributed by atoms with Crippen molar-refractivity contribution in [3.63, 3.8) is 0 Å². The number of unbranched alkanes of at least 4 members (excludes halogenated alkanes) is 1. The predicted molar refractivity (Wildman–Crippen MR) is 271 cm³/mol. The number of carboxylic acids is 4. The fraction of sp³-hybridized carbons (Fsp3) is 0.620. The lowest BCUT2D eigenvalue weighted by Gasteiger charge is -2.35. The maximum atomic E-state index is 13.7. The lowest BCUT2D eigenvalue weighted by Crippen LogP contribution is -2.52. The maximum Gasteiger partial charge on any atom is 0.320 e. The number of nitrogens with zero attached hydrogens (tertiary/aromatic N) is 7. The van der Waals surface area contributed by atoms with Crippen LogP contribution in [0.1, 0.15) is 69.7 Å². The number of ether oxygens (including phenoxy) is 1. The van der Waals surface area contributed by atoms with E-state index in [1.165, 1.54) is 12.3 Å². The summed E-state index contributed by atoms with van der Waals surface area (Å²) in [7, 11) is 0. The SMILES string of the molecule is C=C(C)C(O)CCC(C(=O)O)N1CCN(CC(=O)O)CCN(CC(=O)O)CCN(CC(=O)O)CC1.CC(C)C(O)C(N)CC(=O)NCCCCOc1ccc2nccc(C(=O)NCC(=O)N3CC(F)(F)CC3C#N)c2c1. The number of pyridine rings is 1. The van der Waals surface area contributed by atoms with E-state index in [0.29, 0.717) is 48.2 Å². The Morgan fingerprint density at radius 1 is 0.868 bits per heavy atom. The molecule has 1 aromatic carbocycles. The minimum atomic E-state index is -3.14. The van der Waals surface area contributed by atoms with Crippen LogP contribution in [0.2, 0.25) is 0 Å². The summed E-state index contributed by atoms with van der Waals surface area (Å²) in [6, 6.07) is 5.39. The number of fused-ring (bicyclic) bond motifs is 1. The van der Waals surface area contributed by atoms with Crippen LogP contribution in [0.15, 0.2) is 42.6 Å². The molecular formula is C50H74F2N10O14. The minimum absolute atomic E-state index is 0.0353. The average molecular weight is 1080 g/mol. The third-order valence-corrected chi connectivity index (χ3v) is 12.8. The fourth-order valence-corrected chi connectivity index (χ4v) is 8.44.